The van der Waals surface area contributed by atoms with Crippen LogP contribution < -0.4 is 4.74 Å². The zero-order chi connectivity index (χ0) is 17.2. The van der Waals surface area contributed by atoms with Crippen LogP contribution in [0.2, 0.25) is 5.15 Å². The van der Waals surface area contributed by atoms with Gasteiger partial charge in [0.1, 0.15) is 23.0 Å². The first-order valence-corrected chi connectivity index (χ1v) is 8.01. The van der Waals surface area contributed by atoms with Crippen molar-refractivity contribution < 1.29 is 18.7 Å². The largest absolute Gasteiger partial charge is 0.476 e. The second-order valence-corrected chi connectivity index (χ2v) is 6.04. The third kappa shape index (κ3) is 3.64. The maximum Gasteiger partial charge on any atom is 0.315 e. The Morgan fingerprint density at radius 2 is 2.00 bits per heavy atom. The molecular weight excluding hydrogens is 335 g/mol. The van der Waals surface area contributed by atoms with Gasteiger partial charge in [-0.25, -0.2) is 9.37 Å². The third-order valence-electron chi connectivity index (χ3n) is 3.83. The van der Waals surface area contributed by atoms with Gasteiger partial charge in [0.25, 0.3) is 0 Å². The number of hydrogen-bond acceptors (Lipinski definition) is 5. The second kappa shape index (κ2) is 6.73. The average molecular weight is 351 g/mol. The van der Waals surface area contributed by atoms with E-state index < -0.39 is 5.41 Å². The maximum absolute atomic E-state index is 13.0. The molecule has 1 saturated carbocycles. The quantitative estimate of drug-likeness (QED) is 0.587. The van der Waals surface area contributed by atoms with Crippen molar-refractivity contribution in [3.63, 3.8) is 0 Å². The minimum absolute atomic E-state index is 0.183. The van der Waals surface area contributed by atoms with E-state index in [1.54, 1.807) is 19.1 Å². The number of rotatable bonds is 6. The van der Waals surface area contributed by atoms with Gasteiger partial charge in [-0.05, 0) is 44.0 Å². The summed E-state index contributed by atoms with van der Waals surface area (Å²) in [5, 5.41) is 0.209. The smallest absolute Gasteiger partial charge is 0.315 e. The van der Waals surface area contributed by atoms with Crippen molar-refractivity contribution in [2.24, 2.45) is 5.41 Å². The van der Waals surface area contributed by atoms with E-state index in [0.717, 1.165) is 12.8 Å². The van der Waals surface area contributed by atoms with Gasteiger partial charge in [0.15, 0.2) is 5.82 Å². The summed E-state index contributed by atoms with van der Waals surface area (Å²) in [6.07, 6.45) is 1.46. The second-order valence-electron chi connectivity index (χ2n) is 5.65. The zero-order valence-corrected chi connectivity index (χ0v) is 13.8. The van der Waals surface area contributed by atoms with Crippen molar-refractivity contribution in [1.82, 2.24) is 9.97 Å². The SMILES string of the molecule is CCOC(=O)C1(COc2cc(Cl)nc(-c3ccc(F)cc3)n2)CC1. The normalized spacial score (nSPS) is 15.0. The Morgan fingerprint density at radius 3 is 2.62 bits per heavy atom. The number of aromatic nitrogens is 2. The first-order chi connectivity index (χ1) is 11.5. The lowest BCUT2D eigenvalue weighted by atomic mass is 10.1. The molecule has 0 bridgehead atoms. The molecule has 126 valence electrons. The summed E-state index contributed by atoms with van der Waals surface area (Å²) >= 11 is 6.01. The van der Waals surface area contributed by atoms with E-state index >= 15 is 0 Å². The lowest BCUT2D eigenvalue weighted by molar-refractivity contribution is -0.150. The number of carbonyl (C=O) groups is 1. The topological polar surface area (TPSA) is 61.3 Å². The Bertz CT molecular complexity index is 748. The van der Waals surface area contributed by atoms with Gasteiger partial charge in [0, 0.05) is 11.6 Å². The molecule has 2 aromatic rings. The van der Waals surface area contributed by atoms with Crippen molar-refractivity contribution >= 4 is 17.6 Å². The van der Waals surface area contributed by atoms with Crippen LogP contribution in [-0.4, -0.2) is 29.2 Å². The summed E-state index contributed by atoms with van der Waals surface area (Å²) in [7, 11) is 0. The Hall–Kier alpha value is -2.21. The van der Waals surface area contributed by atoms with Gasteiger partial charge in [-0.2, -0.15) is 4.98 Å². The molecule has 0 radical (unpaired) electrons. The number of ether oxygens (including phenoxy) is 2. The molecule has 5 nitrogen and oxygen atoms in total. The van der Waals surface area contributed by atoms with Crippen LogP contribution in [0.3, 0.4) is 0 Å². The fraction of sp³-hybridized carbons (Fsp3) is 0.353. The van der Waals surface area contributed by atoms with Crippen LogP contribution in [0, 0.1) is 11.2 Å². The Morgan fingerprint density at radius 1 is 1.29 bits per heavy atom. The summed E-state index contributed by atoms with van der Waals surface area (Å²) in [5.41, 5.74) is 0.0407. The Labute approximate surface area is 143 Å². The summed E-state index contributed by atoms with van der Waals surface area (Å²) < 4.78 is 23.8. The molecule has 1 aliphatic rings. The van der Waals surface area contributed by atoms with Crippen molar-refractivity contribution in [2.75, 3.05) is 13.2 Å². The number of hydrogen-bond donors (Lipinski definition) is 0. The fourth-order valence-corrected chi connectivity index (χ4v) is 2.43. The number of esters is 1. The zero-order valence-electron chi connectivity index (χ0n) is 13.1. The predicted molar refractivity (Wildman–Crippen MR) is 86.2 cm³/mol. The van der Waals surface area contributed by atoms with Crippen molar-refractivity contribution in [1.29, 1.82) is 0 Å². The maximum atomic E-state index is 13.0. The van der Waals surface area contributed by atoms with Crippen LogP contribution in [0.1, 0.15) is 19.8 Å². The third-order valence-corrected chi connectivity index (χ3v) is 4.03. The van der Waals surface area contributed by atoms with Gasteiger partial charge in [-0.15, -0.1) is 0 Å². The molecule has 0 amide bonds. The molecule has 0 atom stereocenters. The van der Waals surface area contributed by atoms with E-state index in [1.165, 1.54) is 18.2 Å². The molecule has 24 heavy (non-hydrogen) atoms. The average Bonchev–Trinajstić information content (AvgIpc) is 3.35. The van der Waals surface area contributed by atoms with Crippen LogP contribution in [0.15, 0.2) is 30.3 Å². The summed E-state index contributed by atoms with van der Waals surface area (Å²) in [6, 6.07) is 7.24. The van der Waals surface area contributed by atoms with E-state index in [-0.39, 0.29) is 29.4 Å². The highest BCUT2D eigenvalue weighted by molar-refractivity contribution is 6.29. The van der Waals surface area contributed by atoms with Crippen molar-refractivity contribution in [2.45, 2.75) is 19.8 Å². The molecule has 0 aliphatic heterocycles. The van der Waals surface area contributed by atoms with Gasteiger partial charge in [-0.1, -0.05) is 11.6 Å². The Balaban J connectivity index is 1.75. The van der Waals surface area contributed by atoms with E-state index in [0.29, 0.717) is 18.0 Å². The first-order valence-electron chi connectivity index (χ1n) is 7.63. The van der Waals surface area contributed by atoms with E-state index in [4.69, 9.17) is 21.1 Å². The first kappa shape index (κ1) is 16.6. The molecule has 0 saturated heterocycles. The highest BCUT2D eigenvalue weighted by Crippen LogP contribution is 2.47. The minimum Gasteiger partial charge on any atom is -0.476 e. The number of carbonyl (C=O) groups excluding carboxylic acids is 1. The molecule has 1 aromatic carbocycles. The molecule has 1 aromatic heterocycles. The van der Waals surface area contributed by atoms with E-state index in [1.807, 2.05) is 0 Å². The van der Waals surface area contributed by atoms with Crippen LogP contribution >= 0.6 is 11.6 Å². The highest BCUT2D eigenvalue weighted by atomic mass is 35.5. The van der Waals surface area contributed by atoms with Crippen LogP contribution in [-0.2, 0) is 9.53 Å². The molecule has 1 heterocycles. The van der Waals surface area contributed by atoms with Crippen LogP contribution in [0.5, 0.6) is 5.88 Å². The summed E-state index contributed by atoms with van der Waals surface area (Å²) in [4.78, 5) is 20.3. The lowest BCUT2D eigenvalue weighted by Crippen LogP contribution is -2.26. The fourth-order valence-electron chi connectivity index (χ4n) is 2.25. The standard InChI is InChI=1S/C17H16ClFN2O3/c1-2-23-16(22)17(7-8-17)10-24-14-9-13(18)20-15(21-14)11-3-5-12(19)6-4-11/h3-6,9H,2,7-8,10H2,1H3. The van der Waals surface area contributed by atoms with Crippen molar-refractivity contribution in [3.8, 4) is 17.3 Å². The molecular formula is C17H16ClFN2O3. The number of halogens is 2. The molecule has 0 unspecified atom stereocenters. The summed E-state index contributed by atoms with van der Waals surface area (Å²) in [5.74, 6) is 0.00894. The monoisotopic (exact) mass is 350 g/mol. The summed E-state index contributed by atoms with van der Waals surface area (Å²) in [6.45, 7) is 2.30. The van der Waals surface area contributed by atoms with Crippen LogP contribution in [0.25, 0.3) is 11.4 Å². The van der Waals surface area contributed by atoms with Gasteiger partial charge < -0.3 is 9.47 Å². The van der Waals surface area contributed by atoms with E-state index in [9.17, 15) is 9.18 Å². The molecule has 0 spiro atoms. The molecule has 3 rings (SSSR count). The van der Waals surface area contributed by atoms with Gasteiger partial charge in [0.05, 0.1) is 6.61 Å². The molecule has 7 heteroatoms. The minimum atomic E-state index is -0.580. The van der Waals surface area contributed by atoms with Gasteiger partial charge in [0.2, 0.25) is 5.88 Å². The van der Waals surface area contributed by atoms with Gasteiger partial charge in [-0.3, -0.25) is 4.79 Å². The molecule has 0 N–H and O–H groups in total. The predicted octanol–water partition coefficient (Wildman–Crippen LogP) is 3.66. The Kier molecular flexibility index (Phi) is 4.66. The number of benzene rings is 1. The number of nitrogens with zero attached hydrogens (tertiary/aromatic N) is 2. The molecule has 1 aliphatic carbocycles. The van der Waals surface area contributed by atoms with E-state index in [2.05, 4.69) is 9.97 Å². The van der Waals surface area contributed by atoms with Crippen molar-refractivity contribution in [3.05, 3.63) is 41.3 Å². The molecule has 1 fully saturated rings. The highest BCUT2D eigenvalue weighted by Gasteiger charge is 2.52. The van der Waals surface area contributed by atoms with Gasteiger partial charge >= 0.3 is 5.97 Å². The lowest BCUT2D eigenvalue weighted by Gasteiger charge is -2.14. The van der Waals surface area contributed by atoms with Crippen LogP contribution in [0.4, 0.5) is 4.39 Å².